The number of rotatable bonds is 6. The quantitative estimate of drug-likeness (QED) is 0.277. The zero-order chi connectivity index (χ0) is 13.2. The van der Waals surface area contributed by atoms with Crippen molar-refractivity contribution in [1.82, 2.24) is 10.6 Å². The van der Waals surface area contributed by atoms with E-state index in [1.165, 1.54) is 5.75 Å². The maximum atomic E-state index is 9.49. The second-order valence-corrected chi connectivity index (χ2v) is 5.74. The van der Waals surface area contributed by atoms with E-state index in [1.54, 1.807) is 0 Å². The third-order valence-corrected chi connectivity index (χ3v) is 3.86. The number of thioether (sulfide) groups is 1. The third-order valence-electron chi connectivity index (χ3n) is 3.16. The largest absolute Gasteiger partial charge is 0.393 e. The highest BCUT2D eigenvalue weighted by Gasteiger charge is 2.19. The van der Waals surface area contributed by atoms with Gasteiger partial charge in [-0.05, 0) is 51.0 Å². The molecule has 0 heterocycles. The lowest BCUT2D eigenvalue weighted by Gasteiger charge is -2.27. The average Bonchev–Trinajstić information content (AvgIpc) is 2.37. The van der Waals surface area contributed by atoms with Crippen LogP contribution in [0, 0.1) is 0 Å². The zero-order valence-electron chi connectivity index (χ0n) is 12.0. The first-order valence-corrected chi connectivity index (χ1v) is 8.37. The number of nitrogens with one attached hydrogen (secondary N) is 2. The zero-order valence-corrected chi connectivity index (χ0v) is 15.2. The number of aliphatic hydroxyl groups excluding tert-OH is 1. The lowest BCUT2D eigenvalue weighted by Crippen LogP contribution is -2.45. The molecule has 0 amide bonds. The average molecular weight is 401 g/mol. The summed E-state index contributed by atoms with van der Waals surface area (Å²) in [5.74, 6) is 2.10. The fraction of sp³-hybridized carbons (Fsp3) is 0.923. The highest BCUT2D eigenvalue weighted by molar-refractivity contribution is 14.0. The fourth-order valence-electron chi connectivity index (χ4n) is 2.13. The van der Waals surface area contributed by atoms with Crippen LogP contribution < -0.4 is 10.6 Å². The monoisotopic (exact) mass is 401 g/mol. The standard InChI is InChI=1S/C13H27N3OS.HI/c1-3-14-13(15-9-4-10-18-2)16-11-5-7-12(17)8-6-11;/h11-12,17H,3-10H2,1-2H3,(H2,14,15,16);1H. The molecule has 0 aliphatic heterocycles. The molecule has 0 unspecified atom stereocenters. The van der Waals surface area contributed by atoms with Gasteiger partial charge < -0.3 is 15.7 Å². The van der Waals surface area contributed by atoms with Crippen molar-refractivity contribution in [3.8, 4) is 0 Å². The lowest BCUT2D eigenvalue weighted by atomic mass is 9.93. The molecule has 0 radical (unpaired) electrons. The van der Waals surface area contributed by atoms with Crippen molar-refractivity contribution in [2.75, 3.05) is 25.1 Å². The van der Waals surface area contributed by atoms with Gasteiger partial charge in [-0.2, -0.15) is 11.8 Å². The molecule has 0 aromatic carbocycles. The van der Waals surface area contributed by atoms with Gasteiger partial charge in [0.2, 0.25) is 0 Å². The molecule has 0 saturated heterocycles. The SMILES string of the molecule is CCNC(=NCCCSC)NC1CCC(O)CC1.I. The molecule has 1 aliphatic rings. The topological polar surface area (TPSA) is 56.7 Å². The summed E-state index contributed by atoms with van der Waals surface area (Å²) < 4.78 is 0. The van der Waals surface area contributed by atoms with E-state index in [2.05, 4.69) is 28.8 Å². The van der Waals surface area contributed by atoms with Gasteiger partial charge in [0, 0.05) is 19.1 Å². The van der Waals surface area contributed by atoms with Crippen LogP contribution in [0.3, 0.4) is 0 Å². The first-order chi connectivity index (χ1) is 8.76. The van der Waals surface area contributed by atoms with Crippen molar-refractivity contribution in [1.29, 1.82) is 0 Å². The minimum atomic E-state index is -0.0934. The van der Waals surface area contributed by atoms with Crippen LogP contribution >= 0.6 is 35.7 Å². The number of hydrogen-bond donors (Lipinski definition) is 3. The Hall–Kier alpha value is 0.310. The van der Waals surface area contributed by atoms with Crippen molar-refractivity contribution in [2.24, 2.45) is 4.99 Å². The molecule has 0 bridgehead atoms. The molecular weight excluding hydrogens is 373 g/mol. The molecule has 1 fully saturated rings. The summed E-state index contributed by atoms with van der Waals surface area (Å²) in [4.78, 5) is 4.58. The molecule has 3 N–H and O–H groups in total. The summed E-state index contributed by atoms with van der Waals surface area (Å²) in [7, 11) is 0. The molecule has 6 heteroatoms. The van der Waals surface area contributed by atoms with E-state index in [0.29, 0.717) is 6.04 Å². The number of guanidine groups is 1. The smallest absolute Gasteiger partial charge is 0.191 e. The number of hydrogen-bond acceptors (Lipinski definition) is 3. The number of aliphatic imine (C=N–C) groups is 1. The van der Waals surface area contributed by atoms with Gasteiger partial charge in [-0.25, -0.2) is 0 Å². The summed E-state index contributed by atoms with van der Waals surface area (Å²) in [5, 5.41) is 16.3. The Bertz CT molecular complexity index is 246. The van der Waals surface area contributed by atoms with Gasteiger partial charge in [0.25, 0.3) is 0 Å². The molecule has 114 valence electrons. The van der Waals surface area contributed by atoms with Gasteiger partial charge in [-0.3, -0.25) is 4.99 Å². The van der Waals surface area contributed by atoms with Crippen LogP contribution in [-0.4, -0.2) is 48.3 Å². The second-order valence-electron chi connectivity index (χ2n) is 4.76. The maximum Gasteiger partial charge on any atom is 0.191 e. The Labute approximate surface area is 138 Å². The molecular formula is C13H28IN3OS. The number of nitrogens with zero attached hydrogens (tertiary/aromatic N) is 1. The molecule has 0 aromatic heterocycles. The van der Waals surface area contributed by atoms with Crippen molar-refractivity contribution in [2.45, 2.75) is 51.2 Å². The van der Waals surface area contributed by atoms with Gasteiger partial charge in [0.1, 0.15) is 0 Å². The molecule has 0 atom stereocenters. The van der Waals surface area contributed by atoms with Gasteiger partial charge >= 0.3 is 0 Å². The number of aliphatic hydroxyl groups is 1. The highest BCUT2D eigenvalue weighted by Crippen LogP contribution is 2.18. The van der Waals surface area contributed by atoms with Gasteiger partial charge in [-0.1, -0.05) is 0 Å². The molecule has 1 saturated carbocycles. The second kappa shape index (κ2) is 12.1. The first kappa shape index (κ1) is 19.3. The predicted octanol–water partition coefficient (Wildman–Crippen LogP) is 2.22. The molecule has 1 aliphatic carbocycles. The van der Waals surface area contributed by atoms with E-state index in [4.69, 9.17) is 0 Å². The first-order valence-electron chi connectivity index (χ1n) is 6.98. The van der Waals surface area contributed by atoms with Crippen molar-refractivity contribution in [3.05, 3.63) is 0 Å². The fourth-order valence-corrected chi connectivity index (χ4v) is 2.55. The lowest BCUT2D eigenvalue weighted by molar-refractivity contribution is 0.120. The molecule has 0 aromatic rings. The van der Waals surface area contributed by atoms with Crippen molar-refractivity contribution < 1.29 is 5.11 Å². The van der Waals surface area contributed by atoms with Gasteiger partial charge in [-0.15, -0.1) is 24.0 Å². The Morgan fingerprint density at radius 3 is 2.58 bits per heavy atom. The minimum Gasteiger partial charge on any atom is -0.393 e. The van der Waals surface area contributed by atoms with E-state index in [0.717, 1.165) is 51.2 Å². The summed E-state index contributed by atoms with van der Waals surface area (Å²) in [6.07, 6.45) is 7.05. The Morgan fingerprint density at radius 2 is 2.00 bits per heavy atom. The van der Waals surface area contributed by atoms with Gasteiger partial charge in [0.15, 0.2) is 5.96 Å². The Morgan fingerprint density at radius 1 is 1.32 bits per heavy atom. The maximum absolute atomic E-state index is 9.49. The van der Waals surface area contributed by atoms with Crippen LogP contribution in [0.5, 0.6) is 0 Å². The Kier molecular flexibility index (Phi) is 12.3. The van der Waals surface area contributed by atoms with E-state index in [-0.39, 0.29) is 30.1 Å². The molecule has 0 spiro atoms. The molecule has 19 heavy (non-hydrogen) atoms. The summed E-state index contributed by atoms with van der Waals surface area (Å²) in [6, 6.07) is 0.465. The van der Waals surface area contributed by atoms with Crippen LogP contribution in [0.15, 0.2) is 4.99 Å². The van der Waals surface area contributed by atoms with Crippen LogP contribution in [0.2, 0.25) is 0 Å². The van der Waals surface area contributed by atoms with Gasteiger partial charge in [0.05, 0.1) is 6.10 Å². The minimum absolute atomic E-state index is 0. The summed E-state index contributed by atoms with van der Waals surface area (Å²) >= 11 is 1.86. The van der Waals surface area contributed by atoms with Crippen LogP contribution in [0.4, 0.5) is 0 Å². The van der Waals surface area contributed by atoms with E-state index < -0.39 is 0 Å². The van der Waals surface area contributed by atoms with Crippen molar-refractivity contribution >= 4 is 41.7 Å². The van der Waals surface area contributed by atoms with E-state index in [1.807, 2.05) is 11.8 Å². The summed E-state index contributed by atoms with van der Waals surface area (Å²) in [6.45, 7) is 3.86. The normalized spacial score (nSPS) is 23.6. The predicted molar refractivity (Wildman–Crippen MR) is 95.8 cm³/mol. The Balaban J connectivity index is 0.00000324. The molecule has 4 nitrogen and oxygen atoms in total. The number of halogens is 1. The molecule has 1 rings (SSSR count). The van der Waals surface area contributed by atoms with Crippen LogP contribution in [0.1, 0.15) is 39.0 Å². The van der Waals surface area contributed by atoms with Crippen LogP contribution in [-0.2, 0) is 0 Å². The van der Waals surface area contributed by atoms with E-state index in [9.17, 15) is 5.11 Å². The summed E-state index contributed by atoms with van der Waals surface area (Å²) in [5.41, 5.74) is 0. The van der Waals surface area contributed by atoms with Crippen molar-refractivity contribution in [3.63, 3.8) is 0 Å². The van der Waals surface area contributed by atoms with Crippen LogP contribution in [0.25, 0.3) is 0 Å². The van der Waals surface area contributed by atoms with E-state index >= 15 is 0 Å². The highest BCUT2D eigenvalue weighted by atomic mass is 127. The third kappa shape index (κ3) is 8.96.